The Bertz CT molecular complexity index is 707. The van der Waals surface area contributed by atoms with Crippen molar-refractivity contribution in [2.24, 2.45) is 0 Å². The van der Waals surface area contributed by atoms with Crippen LogP contribution in [-0.4, -0.2) is 14.8 Å². The molecule has 0 fully saturated rings. The highest BCUT2D eigenvalue weighted by atomic mass is 79.9. The van der Waals surface area contributed by atoms with Gasteiger partial charge in [-0.3, -0.25) is 20.2 Å². The smallest absolute Gasteiger partial charge is 0.282 e. The first-order chi connectivity index (χ1) is 9.99. The summed E-state index contributed by atoms with van der Waals surface area (Å²) >= 11 is 3.19. The van der Waals surface area contributed by atoms with Gasteiger partial charge in [-0.1, -0.05) is 0 Å². The molecule has 0 spiro atoms. The molecule has 0 aliphatic heterocycles. The molecule has 1 aromatic heterocycles. The highest BCUT2D eigenvalue weighted by Crippen LogP contribution is 2.27. The number of pyridine rings is 1. The molecule has 0 amide bonds. The van der Waals surface area contributed by atoms with Crippen molar-refractivity contribution in [3.05, 3.63) is 66.9 Å². The summed E-state index contributed by atoms with van der Waals surface area (Å²) in [6, 6.07) is 6.72. The first kappa shape index (κ1) is 14.9. The van der Waals surface area contributed by atoms with Gasteiger partial charge in [0.05, 0.1) is 21.5 Å². The van der Waals surface area contributed by atoms with Crippen molar-refractivity contribution in [3.8, 4) is 5.75 Å². The van der Waals surface area contributed by atoms with Gasteiger partial charge in [-0.15, -0.1) is 0 Å². The average Bonchev–Trinajstić information content (AvgIpc) is 2.46. The molecule has 8 nitrogen and oxygen atoms in total. The van der Waals surface area contributed by atoms with Gasteiger partial charge in [0.2, 0.25) is 0 Å². The van der Waals surface area contributed by atoms with Crippen LogP contribution < -0.4 is 4.74 Å². The monoisotopic (exact) mass is 353 g/mol. The number of benzene rings is 1. The van der Waals surface area contributed by atoms with E-state index in [9.17, 15) is 20.2 Å². The van der Waals surface area contributed by atoms with E-state index < -0.39 is 9.85 Å². The predicted octanol–water partition coefficient (Wildman–Crippen LogP) is 3.24. The maximum atomic E-state index is 11.0. The van der Waals surface area contributed by atoms with E-state index in [1.165, 1.54) is 12.1 Å². The summed E-state index contributed by atoms with van der Waals surface area (Å²) in [7, 11) is 0. The van der Waals surface area contributed by atoms with Gasteiger partial charge in [0.15, 0.2) is 5.75 Å². The van der Waals surface area contributed by atoms with Gasteiger partial charge in [-0.05, 0) is 34.1 Å². The number of hydrogen-bond donors (Lipinski definition) is 0. The molecule has 108 valence electrons. The zero-order valence-corrected chi connectivity index (χ0v) is 12.0. The van der Waals surface area contributed by atoms with Gasteiger partial charge in [0.25, 0.3) is 11.4 Å². The first-order valence-corrected chi connectivity index (χ1v) is 6.43. The van der Waals surface area contributed by atoms with Gasteiger partial charge in [0.1, 0.15) is 11.2 Å². The van der Waals surface area contributed by atoms with Crippen LogP contribution in [0.5, 0.6) is 5.75 Å². The van der Waals surface area contributed by atoms with Gasteiger partial charge < -0.3 is 4.74 Å². The van der Waals surface area contributed by atoms with Crippen LogP contribution in [0.3, 0.4) is 0 Å². The minimum atomic E-state index is -0.685. The van der Waals surface area contributed by atoms with Crippen LogP contribution in [0.2, 0.25) is 0 Å². The van der Waals surface area contributed by atoms with E-state index in [0.29, 0.717) is 10.4 Å². The molecule has 0 aliphatic carbocycles. The molecule has 0 radical (unpaired) electrons. The van der Waals surface area contributed by atoms with Crippen LogP contribution in [-0.2, 0) is 6.61 Å². The van der Waals surface area contributed by atoms with Crippen LogP contribution in [0.1, 0.15) is 5.56 Å². The molecule has 0 unspecified atom stereocenters. The molecule has 2 rings (SSSR count). The fourth-order valence-electron chi connectivity index (χ4n) is 1.59. The number of hydrogen-bond acceptors (Lipinski definition) is 6. The Kier molecular flexibility index (Phi) is 4.43. The number of ether oxygens (including phenoxy) is 1. The van der Waals surface area contributed by atoms with Crippen molar-refractivity contribution in [2.45, 2.75) is 6.61 Å². The summed E-state index contributed by atoms with van der Waals surface area (Å²) in [6.45, 7) is -0.0986. The summed E-state index contributed by atoms with van der Waals surface area (Å²) in [6.07, 6.45) is 1.56. The summed E-state index contributed by atoms with van der Waals surface area (Å²) in [5, 5.41) is 21.6. The lowest BCUT2D eigenvalue weighted by Gasteiger charge is -2.07. The van der Waals surface area contributed by atoms with Crippen LogP contribution in [0.15, 0.2) is 41.1 Å². The third kappa shape index (κ3) is 3.51. The predicted molar refractivity (Wildman–Crippen MR) is 76.0 cm³/mol. The number of halogens is 1. The normalized spacial score (nSPS) is 10.1. The van der Waals surface area contributed by atoms with Crippen molar-refractivity contribution in [2.75, 3.05) is 0 Å². The lowest BCUT2D eigenvalue weighted by molar-refractivity contribution is -0.394. The Morgan fingerprint density at radius 2 is 1.95 bits per heavy atom. The quantitative estimate of drug-likeness (QED) is 0.463. The summed E-state index contributed by atoms with van der Waals surface area (Å²) in [5.74, 6) is 0.421. The number of nitro groups is 2. The third-order valence-electron chi connectivity index (χ3n) is 2.58. The first-order valence-electron chi connectivity index (χ1n) is 5.64. The zero-order chi connectivity index (χ0) is 15.4. The molecule has 0 saturated carbocycles. The molecule has 0 N–H and O–H groups in total. The lowest BCUT2D eigenvalue weighted by atomic mass is 10.1. The molecular weight excluding hydrogens is 346 g/mol. The van der Waals surface area contributed by atoms with E-state index in [4.69, 9.17) is 4.74 Å². The third-order valence-corrected chi connectivity index (χ3v) is 3.18. The van der Waals surface area contributed by atoms with Crippen molar-refractivity contribution in [1.82, 2.24) is 4.98 Å². The van der Waals surface area contributed by atoms with E-state index in [1.807, 2.05) is 0 Å². The highest BCUT2D eigenvalue weighted by molar-refractivity contribution is 9.10. The van der Waals surface area contributed by atoms with Crippen LogP contribution >= 0.6 is 15.9 Å². The van der Waals surface area contributed by atoms with Gasteiger partial charge >= 0.3 is 0 Å². The number of non-ortho nitro benzene ring substituents is 1. The minimum absolute atomic E-state index is 0.0986. The van der Waals surface area contributed by atoms with Crippen molar-refractivity contribution < 1.29 is 14.6 Å². The number of rotatable bonds is 5. The Hall–Kier alpha value is -2.55. The van der Waals surface area contributed by atoms with Crippen molar-refractivity contribution in [3.63, 3.8) is 0 Å². The molecule has 0 bridgehead atoms. The van der Waals surface area contributed by atoms with Crippen molar-refractivity contribution in [1.29, 1.82) is 0 Å². The topological polar surface area (TPSA) is 108 Å². The van der Waals surface area contributed by atoms with Crippen LogP contribution in [0.25, 0.3) is 0 Å². The second-order valence-electron chi connectivity index (χ2n) is 3.91. The van der Waals surface area contributed by atoms with Crippen LogP contribution in [0, 0.1) is 20.2 Å². The molecule has 1 heterocycles. The minimum Gasteiger partial charge on any atom is -0.486 e. The maximum absolute atomic E-state index is 11.0. The Morgan fingerprint density at radius 3 is 2.57 bits per heavy atom. The average molecular weight is 354 g/mol. The van der Waals surface area contributed by atoms with Crippen LogP contribution in [0.4, 0.5) is 11.4 Å². The second-order valence-corrected chi connectivity index (χ2v) is 4.66. The molecule has 1 aromatic carbocycles. The highest BCUT2D eigenvalue weighted by Gasteiger charge is 2.19. The molecule has 2 aromatic rings. The molecular formula is C12H8BrN3O5. The molecule has 9 heteroatoms. The van der Waals surface area contributed by atoms with E-state index >= 15 is 0 Å². The number of aromatic nitrogens is 1. The Labute approximate surface area is 126 Å². The van der Waals surface area contributed by atoms with Gasteiger partial charge in [0, 0.05) is 12.3 Å². The Morgan fingerprint density at radius 1 is 1.19 bits per heavy atom. The summed E-state index contributed by atoms with van der Waals surface area (Å²) < 4.78 is 5.90. The fraction of sp³-hybridized carbons (Fsp3) is 0.0833. The molecule has 0 saturated heterocycles. The van der Waals surface area contributed by atoms with E-state index in [2.05, 4.69) is 20.9 Å². The van der Waals surface area contributed by atoms with E-state index in [0.717, 1.165) is 6.07 Å². The summed E-state index contributed by atoms with van der Waals surface area (Å²) in [5.41, 5.74) is -0.460. The fourth-order valence-corrected chi connectivity index (χ4v) is 1.96. The molecule has 21 heavy (non-hydrogen) atoms. The van der Waals surface area contributed by atoms with Gasteiger partial charge in [-0.2, -0.15) is 0 Å². The Balaban J connectivity index is 2.26. The zero-order valence-electron chi connectivity index (χ0n) is 10.4. The number of nitro benzene ring substituents is 2. The maximum Gasteiger partial charge on any atom is 0.282 e. The molecule has 0 atom stereocenters. The molecule has 0 aliphatic rings. The summed E-state index contributed by atoms with van der Waals surface area (Å²) in [4.78, 5) is 24.2. The van der Waals surface area contributed by atoms with Gasteiger partial charge in [-0.25, -0.2) is 4.98 Å². The largest absolute Gasteiger partial charge is 0.486 e. The SMILES string of the molecule is O=[N+]([O-])c1ccc(COc2cccnc2Br)c([N+](=O)[O-])c1. The lowest BCUT2D eigenvalue weighted by Crippen LogP contribution is -2.02. The standard InChI is InChI=1S/C12H8BrN3O5/c13-12-11(2-1-5-14-12)21-7-8-3-4-9(15(17)18)6-10(8)16(19)20/h1-6H,7H2. The van der Waals surface area contributed by atoms with E-state index in [1.54, 1.807) is 18.3 Å². The second kappa shape index (κ2) is 6.27. The number of nitrogens with zero attached hydrogens (tertiary/aromatic N) is 3. The van der Waals surface area contributed by atoms with Crippen molar-refractivity contribution >= 4 is 27.3 Å². The van der Waals surface area contributed by atoms with E-state index in [-0.39, 0.29) is 23.5 Å².